The van der Waals surface area contributed by atoms with Crippen molar-refractivity contribution in [1.82, 2.24) is 0 Å². The minimum atomic E-state index is -1.03. The first kappa shape index (κ1) is 10.8. The summed E-state index contributed by atoms with van der Waals surface area (Å²) < 4.78 is 10.7. The van der Waals surface area contributed by atoms with Gasteiger partial charge >= 0.3 is 5.97 Å². The van der Waals surface area contributed by atoms with Crippen LogP contribution in [-0.2, 0) is 4.79 Å². The molecule has 0 spiro atoms. The molecule has 0 radical (unpaired) electrons. The van der Waals surface area contributed by atoms with Crippen molar-refractivity contribution < 1.29 is 19.4 Å². The van der Waals surface area contributed by atoms with Crippen molar-refractivity contribution in [3.63, 3.8) is 0 Å². The Labute approximate surface area is 93.8 Å². The summed E-state index contributed by atoms with van der Waals surface area (Å²) in [4.78, 5) is 11.0. The molecule has 0 aliphatic heterocycles. The normalized spacial score (nSPS) is 16.6. The molecule has 16 heavy (non-hydrogen) atoms. The van der Waals surface area contributed by atoms with Gasteiger partial charge in [0.2, 0.25) is 5.60 Å². The number of hydrogen-bond acceptors (Lipinski definition) is 3. The Hall–Kier alpha value is -1.71. The van der Waals surface area contributed by atoms with E-state index in [1.807, 2.05) is 19.1 Å². The van der Waals surface area contributed by atoms with Crippen molar-refractivity contribution in [2.45, 2.75) is 25.4 Å². The van der Waals surface area contributed by atoms with Crippen molar-refractivity contribution in [2.75, 3.05) is 7.11 Å². The lowest BCUT2D eigenvalue weighted by Crippen LogP contribution is -2.29. The summed E-state index contributed by atoms with van der Waals surface area (Å²) in [6.07, 6.45) is 1.11. The summed E-state index contributed by atoms with van der Waals surface area (Å²) in [6.45, 7) is 1.94. The molecular formula is C12H14O4. The zero-order valence-electron chi connectivity index (χ0n) is 9.32. The number of aryl methyl sites for hydroxylation is 1. The number of hydrogen-bond donors (Lipinski definition) is 1. The van der Waals surface area contributed by atoms with Gasteiger partial charge in [0, 0.05) is 12.8 Å². The van der Waals surface area contributed by atoms with Gasteiger partial charge in [-0.2, -0.15) is 0 Å². The molecule has 0 unspecified atom stereocenters. The first-order valence-electron chi connectivity index (χ1n) is 5.14. The predicted molar refractivity (Wildman–Crippen MR) is 58.0 cm³/mol. The summed E-state index contributed by atoms with van der Waals surface area (Å²) in [5, 5.41) is 9.02. The van der Waals surface area contributed by atoms with Crippen molar-refractivity contribution in [2.24, 2.45) is 0 Å². The first-order valence-corrected chi connectivity index (χ1v) is 5.14. The molecular weight excluding hydrogens is 208 g/mol. The summed E-state index contributed by atoms with van der Waals surface area (Å²) in [6, 6.07) is 5.44. The van der Waals surface area contributed by atoms with E-state index in [9.17, 15) is 4.79 Å². The summed E-state index contributed by atoms with van der Waals surface area (Å²) >= 11 is 0. The lowest BCUT2D eigenvalue weighted by Gasteiger charge is -2.16. The number of carbonyl (C=O) groups is 1. The van der Waals surface area contributed by atoms with Crippen LogP contribution in [0.25, 0.3) is 0 Å². The first-order chi connectivity index (χ1) is 7.57. The van der Waals surface area contributed by atoms with E-state index >= 15 is 0 Å². The summed E-state index contributed by atoms with van der Waals surface area (Å²) in [7, 11) is 1.54. The number of rotatable bonds is 4. The second-order valence-corrected chi connectivity index (χ2v) is 4.06. The molecule has 0 aromatic heterocycles. The number of ether oxygens (including phenoxy) is 2. The Kier molecular flexibility index (Phi) is 2.50. The zero-order chi connectivity index (χ0) is 11.8. The maximum atomic E-state index is 11.0. The van der Waals surface area contributed by atoms with E-state index in [1.54, 1.807) is 13.2 Å². The van der Waals surface area contributed by atoms with Crippen molar-refractivity contribution in [3.8, 4) is 11.5 Å². The predicted octanol–water partition coefficient (Wildman–Crippen LogP) is 2.00. The molecule has 0 atom stereocenters. The molecule has 0 saturated heterocycles. The molecule has 1 aromatic carbocycles. The fraction of sp³-hybridized carbons (Fsp3) is 0.417. The van der Waals surface area contributed by atoms with Gasteiger partial charge in [-0.25, -0.2) is 4.79 Å². The van der Waals surface area contributed by atoms with Gasteiger partial charge in [0.1, 0.15) is 0 Å². The van der Waals surface area contributed by atoms with Gasteiger partial charge in [-0.05, 0) is 24.6 Å². The van der Waals surface area contributed by atoms with E-state index in [-0.39, 0.29) is 0 Å². The van der Waals surface area contributed by atoms with Crippen LogP contribution in [-0.4, -0.2) is 23.8 Å². The van der Waals surface area contributed by atoms with Gasteiger partial charge in [0.05, 0.1) is 7.11 Å². The van der Waals surface area contributed by atoms with Gasteiger partial charge in [0.25, 0.3) is 0 Å². The molecule has 1 fully saturated rings. The van der Waals surface area contributed by atoms with Gasteiger partial charge in [0.15, 0.2) is 11.5 Å². The standard InChI is InChI=1S/C12H14O4/c1-8-3-4-9(10(7-8)15-2)16-12(5-6-12)11(13)14/h3-4,7H,5-6H2,1-2H3,(H,13,14). The van der Waals surface area contributed by atoms with Crippen LogP contribution in [0.15, 0.2) is 18.2 Å². The Morgan fingerprint density at radius 3 is 2.56 bits per heavy atom. The third-order valence-corrected chi connectivity index (χ3v) is 2.72. The number of carboxylic acids is 1. The Bertz CT molecular complexity index is 421. The molecule has 1 saturated carbocycles. The van der Waals surface area contributed by atoms with Crippen LogP contribution in [0.2, 0.25) is 0 Å². The molecule has 0 heterocycles. The van der Waals surface area contributed by atoms with Gasteiger partial charge < -0.3 is 14.6 Å². The van der Waals surface area contributed by atoms with Crippen LogP contribution in [0, 0.1) is 6.92 Å². The third kappa shape index (κ3) is 1.83. The molecule has 86 valence electrons. The Morgan fingerprint density at radius 2 is 2.06 bits per heavy atom. The molecule has 1 aliphatic carbocycles. The number of aliphatic carboxylic acids is 1. The number of benzene rings is 1. The summed E-state index contributed by atoms with van der Waals surface area (Å²) in [5.74, 6) is 0.163. The highest BCUT2D eigenvalue weighted by molar-refractivity contribution is 5.81. The van der Waals surface area contributed by atoms with E-state index in [0.717, 1.165) is 5.56 Å². The van der Waals surface area contributed by atoms with Crippen LogP contribution in [0.4, 0.5) is 0 Å². The minimum Gasteiger partial charge on any atom is -0.493 e. The smallest absolute Gasteiger partial charge is 0.348 e. The van der Waals surface area contributed by atoms with Crippen molar-refractivity contribution in [3.05, 3.63) is 23.8 Å². The molecule has 0 bridgehead atoms. The Balaban J connectivity index is 2.25. The average Bonchev–Trinajstić information content (AvgIpc) is 3.02. The average molecular weight is 222 g/mol. The maximum absolute atomic E-state index is 11.0. The number of carboxylic acid groups (broad SMARTS) is 1. The third-order valence-electron chi connectivity index (χ3n) is 2.72. The zero-order valence-corrected chi connectivity index (χ0v) is 9.32. The molecule has 4 heteroatoms. The topological polar surface area (TPSA) is 55.8 Å². The lowest BCUT2D eigenvalue weighted by atomic mass is 10.2. The highest BCUT2D eigenvalue weighted by Crippen LogP contribution is 2.43. The van der Waals surface area contributed by atoms with Crippen LogP contribution in [0.3, 0.4) is 0 Å². The van der Waals surface area contributed by atoms with Crippen LogP contribution < -0.4 is 9.47 Å². The largest absolute Gasteiger partial charge is 0.493 e. The van der Waals surface area contributed by atoms with Crippen molar-refractivity contribution in [1.29, 1.82) is 0 Å². The van der Waals surface area contributed by atoms with Gasteiger partial charge in [-0.1, -0.05) is 6.07 Å². The van der Waals surface area contributed by atoms with Gasteiger partial charge in [-0.3, -0.25) is 0 Å². The van der Waals surface area contributed by atoms with Crippen LogP contribution in [0.1, 0.15) is 18.4 Å². The fourth-order valence-corrected chi connectivity index (χ4v) is 1.54. The van der Waals surface area contributed by atoms with Gasteiger partial charge in [-0.15, -0.1) is 0 Å². The quantitative estimate of drug-likeness (QED) is 0.846. The van der Waals surface area contributed by atoms with E-state index in [2.05, 4.69) is 0 Å². The minimum absolute atomic E-state index is 0.494. The van der Waals surface area contributed by atoms with E-state index in [4.69, 9.17) is 14.6 Å². The van der Waals surface area contributed by atoms with E-state index < -0.39 is 11.6 Å². The number of methoxy groups -OCH3 is 1. The highest BCUT2D eigenvalue weighted by atomic mass is 16.6. The summed E-state index contributed by atoms with van der Waals surface area (Å²) in [5.41, 5.74) is 0.0205. The lowest BCUT2D eigenvalue weighted by molar-refractivity contribution is -0.147. The van der Waals surface area contributed by atoms with E-state index in [0.29, 0.717) is 24.3 Å². The molecule has 0 amide bonds. The van der Waals surface area contributed by atoms with Crippen LogP contribution in [0.5, 0.6) is 11.5 Å². The fourth-order valence-electron chi connectivity index (χ4n) is 1.54. The molecule has 1 aromatic rings. The van der Waals surface area contributed by atoms with E-state index in [1.165, 1.54) is 0 Å². The molecule has 1 aliphatic rings. The van der Waals surface area contributed by atoms with Crippen molar-refractivity contribution >= 4 is 5.97 Å². The molecule has 2 rings (SSSR count). The van der Waals surface area contributed by atoms with Crippen LogP contribution >= 0.6 is 0 Å². The second-order valence-electron chi connectivity index (χ2n) is 4.06. The highest BCUT2D eigenvalue weighted by Gasteiger charge is 2.53. The SMILES string of the molecule is COc1cc(C)ccc1OC1(C(=O)O)CC1. The monoisotopic (exact) mass is 222 g/mol. The Morgan fingerprint density at radius 1 is 1.38 bits per heavy atom. The molecule has 1 N–H and O–H groups in total. The maximum Gasteiger partial charge on any atom is 0.348 e. The molecule has 4 nitrogen and oxygen atoms in total. The second kappa shape index (κ2) is 3.70.